The molecule has 2 aromatic rings. The van der Waals surface area contributed by atoms with Crippen LogP contribution in [0.3, 0.4) is 0 Å². The summed E-state index contributed by atoms with van der Waals surface area (Å²) in [6.45, 7) is 4.88. The highest BCUT2D eigenvalue weighted by molar-refractivity contribution is 14.0. The van der Waals surface area contributed by atoms with Gasteiger partial charge in [0.15, 0.2) is 5.96 Å². The van der Waals surface area contributed by atoms with E-state index in [2.05, 4.69) is 39.5 Å². The van der Waals surface area contributed by atoms with Crippen LogP contribution < -0.4 is 10.1 Å². The van der Waals surface area contributed by atoms with Gasteiger partial charge in [-0.05, 0) is 36.1 Å². The van der Waals surface area contributed by atoms with Crippen molar-refractivity contribution in [3.05, 3.63) is 65.7 Å². The highest BCUT2D eigenvalue weighted by atomic mass is 127. The van der Waals surface area contributed by atoms with Gasteiger partial charge in [-0.3, -0.25) is 9.79 Å². The van der Waals surface area contributed by atoms with Gasteiger partial charge < -0.3 is 24.6 Å². The predicted molar refractivity (Wildman–Crippen MR) is 140 cm³/mol. The van der Waals surface area contributed by atoms with Crippen LogP contribution in [0.4, 0.5) is 0 Å². The van der Waals surface area contributed by atoms with Crippen molar-refractivity contribution in [2.45, 2.75) is 32.1 Å². The van der Waals surface area contributed by atoms with Gasteiger partial charge in [-0.2, -0.15) is 0 Å². The highest BCUT2D eigenvalue weighted by Gasteiger charge is 2.30. The third-order valence-corrected chi connectivity index (χ3v) is 5.93. The van der Waals surface area contributed by atoms with Crippen molar-refractivity contribution in [2.75, 3.05) is 39.8 Å². The molecule has 1 amide bonds. The number of aliphatic imine (C=N–C) groups is 1. The lowest BCUT2D eigenvalue weighted by molar-refractivity contribution is -0.142. The van der Waals surface area contributed by atoms with Crippen LogP contribution in [0, 0.1) is 0 Å². The van der Waals surface area contributed by atoms with Crippen molar-refractivity contribution in [3.8, 4) is 5.75 Å². The smallest absolute Gasteiger partial charge is 0.251 e. The van der Waals surface area contributed by atoms with Crippen molar-refractivity contribution in [1.82, 2.24) is 15.1 Å². The molecule has 2 fully saturated rings. The summed E-state index contributed by atoms with van der Waals surface area (Å²) < 4.78 is 11.4. The number of ether oxygens (including phenoxy) is 2. The number of nitrogens with zero attached hydrogens (tertiary/aromatic N) is 3. The van der Waals surface area contributed by atoms with Crippen molar-refractivity contribution in [1.29, 1.82) is 0 Å². The molecule has 0 saturated carbocycles. The number of carbonyl (C=O) groups is 1. The van der Waals surface area contributed by atoms with E-state index in [0.717, 1.165) is 48.8 Å². The predicted octanol–water partition coefficient (Wildman–Crippen LogP) is 3.28. The summed E-state index contributed by atoms with van der Waals surface area (Å²) in [5.74, 6) is 1.85. The zero-order valence-electron chi connectivity index (χ0n) is 19.1. The number of piperazine rings is 1. The number of benzene rings is 2. The van der Waals surface area contributed by atoms with Crippen molar-refractivity contribution in [2.24, 2.45) is 4.99 Å². The summed E-state index contributed by atoms with van der Waals surface area (Å²) in [4.78, 5) is 21.1. The van der Waals surface area contributed by atoms with Gasteiger partial charge in [0.1, 0.15) is 18.5 Å². The minimum absolute atomic E-state index is 0. The number of carbonyl (C=O) groups excluding carboxylic acids is 1. The maximum Gasteiger partial charge on any atom is 0.251 e. The number of hydrogen-bond acceptors (Lipinski definition) is 4. The lowest BCUT2D eigenvalue weighted by atomic mass is 10.2. The molecular weight excluding hydrogens is 531 g/mol. The average Bonchev–Trinajstić information content (AvgIpc) is 3.40. The Balaban J connectivity index is 0.00000306. The molecule has 2 saturated heterocycles. The minimum Gasteiger partial charge on any atom is -0.489 e. The molecule has 1 atom stereocenters. The molecule has 7 nitrogen and oxygen atoms in total. The summed E-state index contributed by atoms with van der Waals surface area (Å²) in [5.41, 5.74) is 2.31. The van der Waals surface area contributed by atoms with Gasteiger partial charge in [0.25, 0.3) is 5.91 Å². The van der Waals surface area contributed by atoms with E-state index >= 15 is 0 Å². The third-order valence-electron chi connectivity index (χ3n) is 5.93. The van der Waals surface area contributed by atoms with Crippen LogP contribution in [0.5, 0.6) is 5.75 Å². The summed E-state index contributed by atoms with van der Waals surface area (Å²) in [6, 6.07) is 18.3. The van der Waals surface area contributed by atoms with Crippen LogP contribution in [-0.2, 0) is 22.7 Å². The van der Waals surface area contributed by atoms with E-state index in [4.69, 9.17) is 9.47 Å². The summed E-state index contributed by atoms with van der Waals surface area (Å²) in [5, 5.41) is 3.44. The zero-order valence-corrected chi connectivity index (χ0v) is 21.4. The van der Waals surface area contributed by atoms with E-state index in [-0.39, 0.29) is 36.0 Å². The second-order valence-electron chi connectivity index (χ2n) is 8.13. The Morgan fingerprint density at radius 2 is 1.73 bits per heavy atom. The van der Waals surface area contributed by atoms with Gasteiger partial charge in [-0.25, -0.2) is 0 Å². The number of hydrogen-bond donors (Lipinski definition) is 1. The lowest BCUT2D eigenvalue weighted by Crippen LogP contribution is -2.55. The first-order chi connectivity index (χ1) is 15.7. The van der Waals surface area contributed by atoms with Crippen LogP contribution in [0.1, 0.15) is 24.0 Å². The fourth-order valence-corrected chi connectivity index (χ4v) is 4.07. The lowest BCUT2D eigenvalue weighted by Gasteiger charge is -2.37. The normalized spacial score (nSPS) is 18.6. The SMILES string of the molecule is CN=C(NCc1ccc(OCc2ccccc2)cc1)N1CCN(C(=O)C2CCCO2)CC1.I. The number of amides is 1. The molecule has 0 aromatic heterocycles. The van der Waals surface area contributed by atoms with Crippen LogP contribution >= 0.6 is 24.0 Å². The highest BCUT2D eigenvalue weighted by Crippen LogP contribution is 2.17. The van der Waals surface area contributed by atoms with Crippen molar-refractivity contribution >= 4 is 35.8 Å². The second-order valence-corrected chi connectivity index (χ2v) is 8.13. The summed E-state index contributed by atoms with van der Waals surface area (Å²) >= 11 is 0. The van der Waals surface area contributed by atoms with Gasteiger partial charge in [0, 0.05) is 46.4 Å². The molecule has 33 heavy (non-hydrogen) atoms. The summed E-state index contributed by atoms with van der Waals surface area (Å²) in [6.07, 6.45) is 1.59. The molecule has 4 rings (SSSR count). The van der Waals surface area contributed by atoms with Crippen LogP contribution in [0.25, 0.3) is 0 Å². The van der Waals surface area contributed by atoms with E-state index in [1.807, 2.05) is 35.2 Å². The largest absolute Gasteiger partial charge is 0.489 e. The fraction of sp³-hybridized carbons (Fsp3) is 0.440. The first kappa shape index (κ1) is 25.3. The van der Waals surface area contributed by atoms with Gasteiger partial charge in [0.05, 0.1) is 0 Å². The Morgan fingerprint density at radius 1 is 1.03 bits per heavy atom. The molecular formula is C25H33IN4O3. The van der Waals surface area contributed by atoms with Gasteiger partial charge >= 0.3 is 0 Å². The van der Waals surface area contributed by atoms with E-state index in [9.17, 15) is 4.79 Å². The minimum atomic E-state index is -0.237. The van der Waals surface area contributed by atoms with E-state index in [1.54, 1.807) is 7.05 Å². The number of guanidine groups is 1. The molecule has 2 heterocycles. The standard InChI is InChI=1S/C25H32N4O3.HI/c1-26-25(29-15-13-28(14-16-29)24(30)23-8-5-17-31-23)27-18-20-9-11-22(12-10-20)32-19-21-6-3-2-4-7-21;/h2-4,6-7,9-12,23H,5,8,13-19H2,1H3,(H,26,27);1H. The van der Waals surface area contributed by atoms with Crippen molar-refractivity contribution < 1.29 is 14.3 Å². The Bertz CT molecular complexity index is 894. The molecule has 0 bridgehead atoms. The van der Waals surface area contributed by atoms with Gasteiger partial charge in [-0.15, -0.1) is 24.0 Å². The Hall–Kier alpha value is -2.33. The average molecular weight is 564 g/mol. The Kier molecular flexibility index (Phi) is 9.80. The number of halogens is 1. The molecule has 0 aliphatic carbocycles. The van der Waals surface area contributed by atoms with E-state index in [0.29, 0.717) is 32.8 Å². The first-order valence-corrected chi connectivity index (χ1v) is 11.3. The molecule has 1 unspecified atom stereocenters. The molecule has 2 aliphatic heterocycles. The molecule has 178 valence electrons. The molecule has 8 heteroatoms. The molecule has 0 spiro atoms. The quantitative estimate of drug-likeness (QED) is 0.332. The Morgan fingerprint density at radius 3 is 2.36 bits per heavy atom. The molecule has 2 aliphatic rings. The maximum absolute atomic E-state index is 12.5. The fourth-order valence-electron chi connectivity index (χ4n) is 4.07. The zero-order chi connectivity index (χ0) is 22.2. The van der Waals surface area contributed by atoms with E-state index in [1.165, 1.54) is 0 Å². The number of rotatable bonds is 6. The van der Waals surface area contributed by atoms with E-state index < -0.39 is 0 Å². The molecule has 2 aromatic carbocycles. The van der Waals surface area contributed by atoms with Gasteiger partial charge in [0.2, 0.25) is 0 Å². The number of nitrogens with one attached hydrogen (secondary N) is 1. The maximum atomic E-state index is 12.5. The molecule has 0 radical (unpaired) electrons. The van der Waals surface area contributed by atoms with Crippen molar-refractivity contribution in [3.63, 3.8) is 0 Å². The summed E-state index contributed by atoms with van der Waals surface area (Å²) in [7, 11) is 1.80. The van der Waals surface area contributed by atoms with Crippen LogP contribution in [-0.4, -0.2) is 67.6 Å². The molecule has 1 N–H and O–H groups in total. The first-order valence-electron chi connectivity index (χ1n) is 11.3. The monoisotopic (exact) mass is 564 g/mol. The third kappa shape index (κ3) is 7.07. The Labute approximate surface area is 213 Å². The topological polar surface area (TPSA) is 66.4 Å². The van der Waals surface area contributed by atoms with Crippen LogP contribution in [0.15, 0.2) is 59.6 Å². The second kappa shape index (κ2) is 12.8. The van der Waals surface area contributed by atoms with Gasteiger partial charge in [-0.1, -0.05) is 42.5 Å². The van der Waals surface area contributed by atoms with Crippen LogP contribution in [0.2, 0.25) is 0 Å².